The fourth-order valence-corrected chi connectivity index (χ4v) is 9.46. The van der Waals surface area contributed by atoms with Crippen molar-refractivity contribution in [2.24, 2.45) is 5.73 Å². The van der Waals surface area contributed by atoms with Crippen molar-refractivity contribution in [2.45, 2.75) is 193 Å². The van der Waals surface area contributed by atoms with Crippen molar-refractivity contribution in [1.29, 1.82) is 0 Å². The molecule has 0 spiro atoms. The first-order chi connectivity index (χ1) is 28.8. The van der Waals surface area contributed by atoms with E-state index in [1.165, 1.54) is 145 Å². The number of aromatic nitrogens is 4. The van der Waals surface area contributed by atoms with E-state index in [-0.39, 0.29) is 0 Å². The van der Waals surface area contributed by atoms with Crippen LogP contribution in [0.1, 0.15) is 165 Å². The molecular weight excluding hydrogens is 748 g/mol. The Morgan fingerprint density at radius 2 is 0.847 bits per heavy atom. The highest BCUT2D eigenvalue weighted by Crippen LogP contribution is 2.38. The summed E-state index contributed by atoms with van der Waals surface area (Å²) in [4.78, 5) is 18.7. The van der Waals surface area contributed by atoms with Crippen LogP contribution >= 0.6 is 11.6 Å². The lowest BCUT2D eigenvalue weighted by Crippen LogP contribution is -2.20. The fourth-order valence-electron chi connectivity index (χ4n) is 9.14. The van der Waals surface area contributed by atoms with Crippen LogP contribution < -0.4 is 21.7 Å². The van der Waals surface area contributed by atoms with Crippen molar-refractivity contribution >= 4 is 29.1 Å². The van der Waals surface area contributed by atoms with Crippen molar-refractivity contribution in [1.82, 2.24) is 19.9 Å². The molecule has 9 heteroatoms. The second-order valence-corrected chi connectivity index (χ2v) is 18.0. The van der Waals surface area contributed by atoms with Gasteiger partial charge in [-0.25, -0.2) is 19.9 Å². The average molecular weight is 822 g/mol. The third-order valence-electron chi connectivity index (χ3n) is 12.6. The maximum Gasteiger partial charge on any atom is 0.142 e. The van der Waals surface area contributed by atoms with Crippen molar-refractivity contribution in [3.8, 4) is 22.3 Å². The number of rotatable bonds is 14. The standard InChI is InChI=1S/C25H36N4.C20H26ClN3.C5H11N/c1-3-4-9-19-14-16-20(17-15-19)23-24(28-21-10-5-6-11-21)26-18(2)27-25(23)29-22-12-7-8-13-22;1-3-4-7-15-10-12-16(13-11-15)18-19(21)22-14(2)23-20(18)24-17-8-5-6-9-17;6-5-3-1-2-4-5/h14-17,21-22H,3-13H2,1-2H3,(H2,26,27,28,29);10-13,17H,3-9H2,1-2H3,(H,22,23,24);5H,1-4,6H2. The number of nitrogens with zero attached hydrogens (tertiary/aromatic N) is 4. The van der Waals surface area contributed by atoms with Crippen molar-refractivity contribution in [3.05, 3.63) is 76.5 Å². The van der Waals surface area contributed by atoms with E-state index in [0.717, 1.165) is 52.8 Å². The van der Waals surface area contributed by atoms with Crippen LogP contribution in [0.4, 0.5) is 17.5 Å². The molecule has 4 aliphatic carbocycles. The van der Waals surface area contributed by atoms with Gasteiger partial charge in [-0.15, -0.1) is 0 Å². The number of unbranched alkanes of at least 4 members (excludes halogenated alkanes) is 2. The zero-order valence-corrected chi connectivity index (χ0v) is 37.5. The van der Waals surface area contributed by atoms with Gasteiger partial charge in [0, 0.05) is 24.2 Å². The minimum atomic E-state index is 0.498. The second kappa shape index (κ2) is 23.3. The lowest BCUT2D eigenvalue weighted by molar-refractivity contribution is 0.704. The first-order valence-electron chi connectivity index (χ1n) is 23.5. The Morgan fingerprint density at radius 3 is 1.20 bits per heavy atom. The van der Waals surface area contributed by atoms with Gasteiger partial charge in [-0.2, -0.15) is 0 Å². The first-order valence-corrected chi connectivity index (χ1v) is 23.8. The molecule has 8 rings (SSSR count). The Kier molecular flexibility index (Phi) is 17.7. The van der Waals surface area contributed by atoms with E-state index < -0.39 is 0 Å². The summed E-state index contributed by atoms with van der Waals surface area (Å²) >= 11 is 6.49. The molecule has 2 heterocycles. The molecule has 4 aromatic rings. The molecule has 2 aromatic carbocycles. The van der Waals surface area contributed by atoms with Gasteiger partial charge in [0.15, 0.2) is 0 Å². The molecule has 59 heavy (non-hydrogen) atoms. The highest BCUT2D eigenvalue weighted by Gasteiger charge is 2.24. The smallest absolute Gasteiger partial charge is 0.142 e. The van der Waals surface area contributed by atoms with E-state index in [0.29, 0.717) is 35.1 Å². The highest BCUT2D eigenvalue weighted by atomic mass is 35.5. The third kappa shape index (κ3) is 13.6. The molecule has 4 fully saturated rings. The van der Waals surface area contributed by atoms with Gasteiger partial charge < -0.3 is 21.7 Å². The van der Waals surface area contributed by atoms with Gasteiger partial charge in [0.1, 0.15) is 34.3 Å². The third-order valence-corrected chi connectivity index (χ3v) is 12.9. The van der Waals surface area contributed by atoms with Crippen LogP contribution in [0.2, 0.25) is 5.15 Å². The first kappa shape index (κ1) is 44.8. The molecule has 0 aliphatic heterocycles. The van der Waals surface area contributed by atoms with Crippen molar-refractivity contribution in [3.63, 3.8) is 0 Å². The van der Waals surface area contributed by atoms with Crippen LogP contribution in [0.25, 0.3) is 22.3 Å². The molecule has 0 unspecified atom stereocenters. The minimum Gasteiger partial charge on any atom is -0.367 e. The molecule has 5 N–H and O–H groups in total. The number of nitrogens with one attached hydrogen (secondary N) is 3. The number of anilines is 3. The fraction of sp³-hybridized carbons (Fsp3) is 0.600. The Bertz CT molecular complexity index is 1800. The van der Waals surface area contributed by atoms with Gasteiger partial charge in [0.05, 0.1) is 11.1 Å². The van der Waals surface area contributed by atoms with E-state index in [4.69, 9.17) is 27.3 Å². The summed E-state index contributed by atoms with van der Waals surface area (Å²) in [6.45, 7) is 8.37. The minimum absolute atomic E-state index is 0.498. The molecule has 0 bridgehead atoms. The second-order valence-electron chi connectivity index (χ2n) is 17.7. The number of hydrogen-bond donors (Lipinski definition) is 4. The maximum absolute atomic E-state index is 6.49. The number of hydrogen-bond acceptors (Lipinski definition) is 8. The summed E-state index contributed by atoms with van der Waals surface area (Å²) in [7, 11) is 0. The summed E-state index contributed by atoms with van der Waals surface area (Å²) in [6, 6.07) is 19.9. The van der Waals surface area contributed by atoms with Crippen LogP contribution in [0, 0.1) is 13.8 Å². The molecule has 0 radical (unpaired) electrons. The number of halogens is 1. The zero-order chi connectivity index (χ0) is 41.4. The van der Waals surface area contributed by atoms with Gasteiger partial charge in [-0.05, 0) is 113 Å². The normalized spacial score (nSPS) is 17.4. The van der Waals surface area contributed by atoms with Crippen molar-refractivity contribution in [2.75, 3.05) is 16.0 Å². The van der Waals surface area contributed by atoms with Crippen LogP contribution in [-0.2, 0) is 12.8 Å². The van der Waals surface area contributed by atoms with Crippen molar-refractivity contribution < 1.29 is 0 Å². The van der Waals surface area contributed by atoms with Crippen LogP contribution in [0.15, 0.2) is 48.5 Å². The Hall–Kier alpha value is -3.75. The molecule has 0 amide bonds. The van der Waals surface area contributed by atoms with E-state index >= 15 is 0 Å². The molecular formula is C50H73ClN8. The largest absolute Gasteiger partial charge is 0.367 e. The SMILES string of the molecule is CCCCc1ccc(-c2c(Cl)nc(C)nc2NC2CCCC2)cc1.CCCCc1ccc(-c2c(NC3CCCC3)nc(C)nc2NC2CCCC2)cc1.NC1CCCC1. The molecule has 4 saturated carbocycles. The van der Waals surface area contributed by atoms with E-state index in [1.807, 2.05) is 13.8 Å². The Labute approximate surface area is 361 Å². The lowest BCUT2D eigenvalue weighted by atomic mass is 10.0. The Morgan fingerprint density at radius 1 is 0.508 bits per heavy atom. The quantitative estimate of drug-likeness (QED) is 0.0930. The monoisotopic (exact) mass is 821 g/mol. The summed E-state index contributed by atoms with van der Waals surface area (Å²) in [5, 5.41) is 11.7. The van der Waals surface area contributed by atoms with E-state index in [2.05, 4.69) is 88.3 Å². The molecule has 0 saturated heterocycles. The molecule has 8 nitrogen and oxygen atoms in total. The van der Waals surface area contributed by atoms with Gasteiger partial charge in [-0.1, -0.05) is 138 Å². The van der Waals surface area contributed by atoms with Gasteiger partial charge in [0.2, 0.25) is 0 Å². The van der Waals surface area contributed by atoms with Gasteiger partial charge in [0.25, 0.3) is 0 Å². The van der Waals surface area contributed by atoms with Gasteiger partial charge in [-0.3, -0.25) is 0 Å². The van der Waals surface area contributed by atoms with Crippen LogP contribution in [0.5, 0.6) is 0 Å². The summed E-state index contributed by atoms with van der Waals surface area (Å²) < 4.78 is 0. The molecule has 2 aromatic heterocycles. The summed E-state index contributed by atoms with van der Waals surface area (Å²) in [5.74, 6) is 4.44. The molecule has 4 aliphatic rings. The maximum atomic E-state index is 6.49. The predicted molar refractivity (Wildman–Crippen MR) is 251 cm³/mol. The van der Waals surface area contributed by atoms with Crippen LogP contribution in [-0.4, -0.2) is 44.1 Å². The summed E-state index contributed by atoms with van der Waals surface area (Å²) in [5.41, 5.74) is 12.7. The predicted octanol–water partition coefficient (Wildman–Crippen LogP) is 13.2. The Balaban J connectivity index is 0.000000176. The lowest BCUT2D eigenvalue weighted by Gasteiger charge is -2.22. The summed E-state index contributed by atoms with van der Waals surface area (Å²) in [6.07, 6.45) is 27.7. The molecule has 0 atom stereocenters. The zero-order valence-electron chi connectivity index (χ0n) is 36.7. The average Bonchev–Trinajstić information content (AvgIpc) is 4.09. The number of benzene rings is 2. The van der Waals surface area contributed by atoms with E-state index in [9.17, 15) is 0 Å². The van der Waals surface area contributed by atoms with Gasteiger partial charge >= 0.3 is 0 Å². The van der Waals surface area contributed by atoms with Crippen LogP contribution in [0.3, 0.4) is 0 Å². The highest BCUT2D eigenvalue weighted by molar-refractivity contribution is 6.32. The van der Waals surface area contributed by atoms with E-state index in [1.54, 1.807) is 0 Å². The molecule has 320 valence electrons. The number of nitrogens with two attached hydrogens (primary N) is 1. The topological polar surface area (TPSA) is 114 Å². The number of aryl methyl sites for hydroxylation is 4.